The Hall–Kier alpha value is -4.51. The third-order valence-corrected chi connectivity index (χ3v) is 7.15. The molecule has 0 spiro atoms. The maximum absolute atomic E-state index is 13.9. The Labute approximate surface area is 252 Å². The highest BCUT2D eigenvalue weighted by Crippen LogP contribution is 2.19. The van der Waals surface area contributed by atoms with Crippen LogP contribution in [-0.4, -0.2) is 73.9 Å². The number of nitrogens with one attached hydrogen (secondary N) is 3. The first-order valence-electron chi connectivity index (χ1n) is 14.5. The van der Waals surface area contributed by atoms with E-state index in [0.717, 1.165) is 16.3 Å². The lowest BCUT2D eigenvalue weighted by Gasteiger charge is -2.33. The lowest BCUT2D eigenvalue weighted by Crippen LogP contribution is -2.56. The van der Waals surface area contributed by atoms with Crippen molar-refractivity contribution < 1.29 is 18.8 Å². The molecule has 0 fully saturated rings. The van der Waals surface area contributed by atoms with E-state index in [1.54, 1.807) is 24.1 Å². The maximum atomic E-state index is 13.9. The van der Waals surface area contributed by atoms with Gasteiger partial charge in [0.15, 0.2) is 5.96 Å². The SMILES string of the molecule is CCN(C(=O)C(CCCN=C(N)N)NCCNC(=O)Cc1ccc(F)cc1)C(Cc1ccc2ccccc2c1)C(=O)NC. The van der Waals surface area contributed by atoms with Crippen molar-refractivity contribution in [3.8, 4) is 0 Å². The largest absolute Gasteiger partial charge is 0.370 e. The first-order valence-corrected chi connectivity index (χ1v) is 14.5. The Balaban J connectivity index is 1.69. The second-order valence-electron chi connectivity index (χ2n) is 10.2. The minimum atomic E-state index is -0.721. The molecule has 3 aromatic rings. The van der Waals surface area contributed by atoms with Gasteiger partial charge in [0.25, 0.3) is 0 Å². The van der Waals surface area contributed by atoms with E-state index in [-0.39, 0.29) is 42.5 Å². The molecule has 10 nitrogen and oxygen atoms in total. The number of aliphatic imine (C=N–C) groups is 1. The smallest absolute Gasteiger partial charge is 0.242 e. The summed E-state index contributed by atoms with van der Waals surface area (Å²) in [7, 11) is 1.56. The molecule has 0 heterocycles. The van der Waals surface area contributed by atoms with Gasteiger partial charge in [0.1, 0.15) is 11.9 Å². The number of hydrogen-bond acceptors (Lipinski definition) is 5. The number of fused-ring (bicyclic) bond motifs is 1. The minimum absolute atomic E-state index is 0.0232. The van der Waals surface area contributed by atoms with Crippen molar-refractivity contribution in [3.05, 3.63) is 83.7 Å². The van der Waals surface area contributed by atoms with Gasteiger partial charge in [0, 0.05) is 39.6 Å². The Bertz CT molecular complexity index is 1390. The van der Waals surface area contributed by atoms with E-state index >= 15 is 0 Å². The number of nitrogens with zero attached hydrogens (tertiary/aromatic N) is 2. The monoisotopic (exact) mass is 591 g/mol. The molecule has 3 rings (SSSR count). The second-order valence-corrected chi connectivity index (χ2v) is 10.2. The van der Waals surface area contributed by atoms with Crippen molar-refractivity contribution in [1.29, 1.82) is 0 Å². The molecule has 43 heavy (non-hydrogen) atoms. The quantitative estimate of drug-likeness (QED) is 0.0973. The van der Waals surface area contributed by atoms with Gasteiger partial charge in [-0.3, -0.25) is 19.4 Å². The number of guanidine groups is 1. The average Bonchev–Trinajstić information content (AvgIpc) is 3.00. The van der Waals surface area contributed by atoms with Gasteiger partial charge in [-0.1, -0.05) is 54.6 Å². The zero-order chi connectivity index (χ0) is 31.2. The molecular weight excluding hydrogens is 549 g/mol. The molecule has 0 aromatic heterocycles. The maximum Gasteiger partial charge on any atom is 0.242 e. The summed E-state index contributed by atoms with van der Waals surface area (Å²) in [6.07, 6.45) is 1.43. The summed E-state index contributed by atoms with van der Waals surface area (Å²) in [5.74, 6) is -1.07. The van der Waals surface area contributed by atoms with Crippen molar-refractivity contribution in [2.24, 2.45) is 16.5 Å². The number of rotatable bonds is 16. The minimum Gasteiger partial charge on any atom is -0.370 e. The zero-order valence-electron chi connectivity index (χ0n) is 24.8. The summed E-state index contributed by atoms with van der Waals surface area (Å²) in [5, 5.41) is 11.0. The number of carbonyl (C=O) groups is 3. The van der Waals surface area contributed by atoms with E-state index in [9.17, 15) is 18.8 Å². The lowest BCUT2D eigenvalue weighted by atomic mass is 9.99. The zero-order valence-corrected chi connectivity index (χ0v) is 24.8. The van der Waals surface area contributed by atoms with Gasteiger partial charge >= 0.3 is 0 Å². The molecule has 3 amide bonds. The number of nitrogens with two attached hydrogens (primary N) is 2. The molecule has 0 aliphatic rings. The Kier molecular flexibility index (Phi) is 12.9. The molecular formula is C32H42FN7O3. The highest BCUT2D eigenvalue weighted by Gasteiger charge is 2.32. The van der Waals surface area contributed by atoms with Gasteiger partial charge in [0.05, 0.1) is 12.5 Å². The van der Waals surface area contributed by atoms with Crippen LogP contribution in [0.1, 0.15) is 30.9 Å². The van der Waals surface area contributed by atoms with Crippen LogP contribution in [0.15, 0.2) is 71.7 Å². The van der Waals surface area contributed by atoms with E-state index < -0.39 is 12.1 Å². The average molecular weight is 592 g/mol. The van der Waals surface area contributed by atoms with E-state index in [2.05, 4.69) is 20.9 Å². The fraction of sp³-hybridized carbons (Fsp3) is 0.375. The van der Waals surface area contributed by atoms with E-state index in [1.165, 1.54) is 12.1 Å². The number of likely N-dealkylation sites (N-methyl/N-ethyl adjacent to an activating group) is 2. The summed E-state index contributed by atoms with van der Waals surface area (Å²) >= 11 is 0. The van der Waals surface area contributed by atoms with Crippen molar-refractivity contribution in [1.82, 2.24) is 20.9 Å². The molecule has 0 saturated heterocycles. The van der Waals surface area contributed by atoms with E-state index in [1.807, 2.05) is 49.4 Å². The van der Waals surface area contributed by atoms with Gasteiger partial charge in [0.2, 0.25) is 17.7 Å². The first-order chi connectivity index (χ1) is 20.7. The van der Waals surface area contributed by atoms with Crippen LogP contribution in [0.2, 0.25) is 0 Å². The van der Waals surface area contributed by atoms with E-state index in [4.69, 9.17) is 11.5 Å². The molecule has 2 unspecified atom stereocenters. The topological polar surface area (TPSA) is 155 Å². The summed E-state index contributed by atoms with van der Waals surface area (Å²) < 4.78 is 13.1. The second kappa shape index (κ2) is 16.8. The molecule has 7 N–H and O–H groups in total. The number of amides is 3. The van der Waals surface area contributed by atoms with E-state index in [0.29, 0.717) is 44.5 Å². The van der Waals surface area contributed by atoms with Crippen LogP contribution in [0.4, 0.5) is 4.39 Å². The molecule has 0 radical (unpaired) electrons. The van der Waals surface area contributed by atoms with Gasteiger partial charge in [-0.25, -0.2) is 4.39 Å². The Morgan fingerprint density at radius 3 is 2.33 bits per heavy atom. The van der Waals surface area contributed by atoms with Crippen molar-refractivity contribution in [3.63, 3.8) is 0 Å². The summed E-state index contributed by atoms with van der Waals surface area (Å²) in [4.78, 5) is 45.0. The fourth-order valence-corrected chi connectivity index (χ4v) is 4.94. The highest BCUT2D eigenvalue weighted by molar-refractivity contribution is 5.90. The summed E-state index contributed by atoms with van der Waals surface area (Å²) in [5.41, 5.74) is 12.6. The lowest BCUT2D eigenvalue weighted by molar-refractivity contribution is -0.141. The molecule has 2 atom stereocenters. The highest BCUT2D eigenvalue weighted by atomic mass is 19.1. The Morgan fingerprint density at radius 1 is 0.953 bits per heavy atom. The van der Waals surface area contributed by atoms with Gasteiger partial charge in [-0.05, 0) is 53.8 Å². The third kappa shape index (κ3) is 10.4. The summed E-state index contributed by atoms with van der Waals surface area (Å²) in [6, 6.07) is 18.4. The van der Waals surface area contributed by atoms with Gasteiger partial charge in [-0.2, -0.15) is 0 Å². The molecule has 0 saturated carbocycles. The van der Waals surface area contributed by atoms with Crippen LogP contribution in [0.25, 0.3) is 10.8 Å². The van der Waals surface area contributed by atoms with Crippen LogP contribution >= 0.6 is 0 Å². The predicted octanol–water partition coefficient (Wildman–Crippen LogP) is 1.86. The van der Waals surface area contributed by atoms with Gasteiger partial charge in [-0.15, -0.1) is 0 Å². The molecule has 0 bridgehead atoms. The van der Waals surface area contributed by atoms with Crippen molar-refractivity contribution >= 4 is 34.5 Å². The van der Waals surface area contributed by atoms with Crippen LogP contribution in [0.5, 0.6) is 0 Å². The number of benzene rings is 3. The van der Waals surface area contributed by atoms with Crippen molar-refractivity contribution in [2.45, 2.75) is 44.7 Å². The normalized spacial score (nSPS) is 12.3. The molecule has 0 aliphatic carbocycles. The van der Waals surface area contributed by atoms with Crippen LogP contribution in [0.3, 0.4) is 0 Å². The number of hydrogen-bond donors (Lipinski definition) is 5. The number of carbonyl (C=O) groups excluding carboxylic acids is 3. The van der Waals surface area contributed by atoms with Crippen LogP contribution < -0.4 is 27.4 Å². The molecule has 11 heteroatoms. The fourth-order valence-electron chi connectivity index (χ4n) is 4.94. The molecule has 3 aromatic carbocycles. The van der Waals surface area contributed by atoms with Crippen LogP contribution in [-0.2, 0) is 27.2 Å². The Morgan fingerprint density at radius 2 is 1.65 bits per heavy atom. The molecule has 230 valence electrons. The molecule has 0 aliphatic heterocycles. The summed E-state index contributed by atoms with van der Waals surface area (Å²) in [6.45, 7) is 3.12. The third-order valence-electron chi connectivity index (χ3n) is 7.15. The van der Waals surface area contributed by atoms with Gasteiger partial charge < -0.3 is 32.3 Å². The predicted molar refractivity (Wildman–Crippen MR) is 168 cm³/mol. The van der Waals surface area contributed by atoms with Crippen LogP contribution in [0, 0.1) is 5.82 Å². The van der Waals surface area contributed by atoms with Crippen molar-refractivity contribution in [2.75, 3.05) is 33.2 Å². The first kappa shape index (κ1) is 33.0. The standard InChI is InChI=1S/C32H42FN7O3/c1-3-40(28(30(42)36-2)20-23-10-13-24-7-4-5-8-25(24)19-23)31(43)27(9-6-16-39-32(34)35)37-17-18-38-29(41)21-22-11-14-26(33)15-12-22/h4-5,7-8,10-15,19,27-28,37H,3,6,9,16-18,20-21H2,1-2H3,(H,36,42)(H,38,41)(H4,34,35,39). The number of halogens is 1.